The summed E-state index contributed by atoms with van der Waals surface area (Å²) < 4.78 is 0. The van der Waals surface area contributed by atoms with Crippen molar-refractivity contribution in [2.45, 2.75) is 19.3 Å². The van der Waals surface area contributed by atoms with Gasteiger partial charge in [-0.05, 0) is 54.0 Å². The topological polar surface area (TPSA) is 95.2 Å². The van der Waals surface area contributed by atoms with Crippen LogP contribution in [0.5, 0.6) is 0 Å². The molecule has 0 radical (unpaired) electrons. The van der Waals surface area contributed by atoms with Crippen molar-refractivity contribution in [2.75, 3.05) is 5.32 Å². The van der Waals surface area contributed by atoms with Crippen LogP contribution in [0.25, 0.3) is 55.0 Å². The summed E-state index contributed by atoms with van der Waals surface area (Å²) in [6, 6.07) is 12.5. The SMILES string of the molecule is C=C(Nc1cncc(-c2ccc3[nH]nc(-c4nc5c(-c6cccs6)cncc5[nH]4)c3c2)c1)C1CCC1. The van der Waals surface area contributed by atoms with Crippen LogP contribution < -0.4 is 5.32 Å². The molecule has 1 saturated carbocycles. The molecular weight excluding hydrogens is 466 g/mol. The number of anilines is 1. The van der Waals surface area contributed by atoms with Gasteiger partial charge in [-0.2, -0.15) is 5.10 Å². The molecule has 0 spiro atoms. The summed E-state index contributed by atoms with van der Waals surface area (Å²) in [6.45, 7) is 4.23. The van der Waals surface area contributed by atoms with Crippen LogP contribution >= 0.6 is 11.3 Å². The number of pyridine rings is 2. The second kappa shape index (κ2) is 8.42. The number of rotatable bonds is 6. The molecule has 0 saturated heterocycles. The first-order valence-electron chi connectivity index (χ1n) is 12.0. The standard InChI is InChI=1S/C28H23N7S/c1-16(17-4-2-5-17)31-20-10-19(12-29-13-20)18-7-8-23-21(11-18)27(35-34-23)28-32-24-15-30-14-22(26(24)33-28)25-6-3-9-36-25/h3,6-15,17,31H,1-2,4-5H2,(H,32,33)(H,34,35). The van der Waals surface area contributed by atoms with Crippen LogP contribution in [0.3, 0.4) is 0 Å². The maximum atomic E-state index is 4.94. The number of hydrogen-bond acceptors (Lipinski definition) is 6. The van der Waals surface area contributed by atoms with Gasteiger partial charge in [0, 0.05) is 39.5 Å². The van der Waals surface area contributed by atoms with Crippen LogP contribution in [0.2, 0.25) is 0 Å². The minimum absolute atomic E-state index is 0.567. The van der Waals surface area contributed by atoms with Crippen molar-refractivity contribution >= 4 is 39.0 Å². The van der Waals surface area contributed by atoms with E-state index in [4.69, 9.17) is 4.98 Å². The zero-order valence-corrected chi connectivity index (χ0v) is 20.3. The van der Waals surface area contributed by atoms with E-state index in [0.717, 1.165) is 60.6 Å². The summed E-state index contributed by atoms with van der Waals surface area (Å²) in [5, 5.41) is 14.3. The molecule has 0 bridgehead atoms. The number of fused-ring (bicyclic) bond motifs is 2. The molecule has 176 valence electrons. The van der Waals surface area contributed by atoms with Gasteiger partial charge in [0.25, 0.3) is 0 Å². The van der Waals surface area contributed by atoms with Crippen LogP contribution in [-0.4, -0.2) is 30.1 Å². The van der Waals surface area contributed by atoms with Crippen molar-refractivity contribution in [2.24, 2.45) is 5.92 Å². The monoisotopic (exact) mass is 489 g/mol. The third-order valence-corrected chi connectivity index (χ3v) is 7.85. The molecule has 0 aliphatic heterocycles. The zero-order valence-electron chi connectivity index (χ0n) is 19.5. The van der Waals surface area contributed by atoms with Crippen molar-refractivity contribution in [1.29, 1.82) is 0 Å². The number of hydrogen-bond donors (Lipinski definition) is 3. The number of allylic oxidation sites excluding steroid dienone is 1. The molecule has 6 aromatic rings. The van der Waals surface area contributed by atoms with E-state index < -0.39 is 0 Å². The molecule has 1 aliphatic rings. The summed E-state index contributed by atoms with van der Waals surface area (Å²) in [5.41, 5.74) is 8.66. The third-order valence-electron chi connectivity index (χ3n) is 6.94. The lowest BCUT2D eigenvalue weighted by Gasteiger charge is -2.28. The molecule has 1 fully saturated rings. The van der Waals surface area contributed by atoms with Crippen LogP contribution in [0, 0.1) is 5.92 Å². The first-order valence-corrected chi connectivity index (χ1v) is 12.9. The Labute approximate surface area is 211 Å². The van der Waals surface area contributed by atoms with Crippen LogP contribution in [0.15, 0.2) is 78.8 Å². The van der Waals surface area contributed by atoms with Gasteiger partial charge in [-0.15, -0.1) is 11.3 Å². The highest BCUT2D eigenvalue weighted by Crippen LogP contribution is 2.35. The van der Waals surface area contributed by atoms with Gasteiger partial charge in [0.05, 0.1) is 29.1 Å². The fourth-order valence-corrected chi connectivity index (χ4v) is 5.48. The number of aromatic nitrogens is 6. The van der Waals surface area contributed by atoms with E-state index in [9.17, 15) is 0 Å². The Morgan fingerprint density at radius 2 is 1.92 bits per heavy atom. The molecule has 1 aromatic carbocycles. The van der Waals surface area contributed by atoms with E-state index in [2.05, 4.69) is 72.8 Å². The predicted octanol–water partition coefficient (Wildman–Crippen LogP) is 7.02. The lowest BCUT2D eigenvalue weighted by molar-refractivity contribution is 0.371. The van der Waals surface area contributed by atoms with Gasteiger partial charge in [-0.3, -0.25) is 15.1 Å². The number of nitrogens with one attached hydrogen (secondary N) is 3. The van der Waals surface area contributed by atoms with Crippen LogP contribution in [0.1, 0.15) is 19.3 Å². The van der Waals surface area contributed by atoms with Gasteiger partial charge in [-0.1, -0.05) is 25.1 Å². The Morgan fingerprint density at radius 1 is 1.00 bits per heavy atom. The molecule has 5 heterocycles. The van der Waals surface area contributed by atoms with E-state index in [1.165, 1.54) is 19.3 Å². The molecule has 0 atom stereocenters. The predicted molar refractivity (Wildman–Crippen MR) is 146 cm³/mol. The van der Waals surface area contributed by atoms with Gasteiger partial charge in [-0.25, -0.2) is 4.98 Å². The molecule has 7 rings (SSSR count). The number of H-pyrrole nitrogens is 2. The second-order valence-electron chi connectivity index (χ2n) is 9.22. The second-order valence-corrected chi connectivity index (χ2v) is 10.2. The molecule has 5 aromatic heterocycles. The average molecular weight is 490 g/mol. The van der Waals surface area contributed by atoms with Crippen molar-refractivity contribution in [1.82, 2.24) is 30.1 Å². The first-order chi connectivity index (χ1) is 17.7. The molecule has 3 N–H and O–H groups in total. The zero-order chi connectivity index (χ0) is 24.1. The minimum atomic E-state index is 0.567. The van der Waals surface area contributed by atoms with Crippen molar-refractivity contribution in [3.8, 4) is 33.1 Å². The fourth-order valence-electron chi connectivity index (χ4n) is 4.74. The van der Waals surface area contributed by atoms with Crippen LogP contribution in [0.4, 0.5) is 5.69 Å². The van der Waals surface area contributed by atoms with Crippen LogP contribution in [-0.2, 0) is 0 Å². The Kier molecular flexibility index (Phi) is 4.92. The van der Waals surface area contributed by atoms with Gasteiger partial charge >= 0.3 is 0 Å². The minimum Gasteiger partial charge on any atom is -0.358 e. The summed E-state index contributed by atoms with van der Waals surface area (Å²) in [5.74, 6) is 1.28. The summed E-state index contributed by atoms with van der Waals surface area (Å²) >= 11 is 1.68. The quantitative estimate of drug-likeness (QED) is 0.234. The van der Waals surface area contributed by atoms with Crippen molar-refractivity contribution in [3.05, 3.63) is 78.8 Å². The molecule has 36 heavy (non-hydrogen) atoms. The smallest absolute Gasteiger partial charge is 0.159 e. The Balaban J connectivity index is 1.26. The maximum absolute atomic E-state index is 4.94. The van der Waals surface area contributed by atoms with Gasteiger partial charge in [0.2, 0.25) is 0 Å². The fraction of sp³-hybridized carbons (Fsp3) is 0.143. The summed E-state index contributed by atoms with van der Waals surface area (Å²) in [4.78, 5) is 18.4. The molecule has 7 nitrogen and oxygen atoms in total. The highest BCUT2D eigenvalue weighted by atomic mass is 32.1. The van der Waals surface area contributed by atoms with Gasteiger partial charge in [0.15, 0.2) is 5.82 Å². The molecule has 0 amide bonds. The van der Waals surface area contributed by atoms with E-state index >= 15 is 0 Å². The first kappa shape index (κ1) is 21.0. The average Bonchev–Trinajstić information content (AvgIpc) is 3.61. The van der Waals surface area contributed by atoms with Crippen molar-refractivity contribution in [3.63, 3.8) is 0 Å². The number of nitrogens with zero attached hydrogens (tertiary/aromatic N) is 4. The van der Waals surface area contributed by atoms with E-state index in [1.54, 1.807) is 11.3 Å². The highest BCUT2D eigenvalue weighted by molar-refractivity contribution is 7.13. The lowest BCUT2D eigenvalue weighted by atomic mass is 9.83. The maximum Gasteiger partial charge on any atom is 0.159 e. The van der Waals surface area contributed by atoms with E-state index in [-0.39, 0.29) is 0 Å². The third kappa shape index (κ3) is 3.58. The summed E-state index contributed by atoms with van der Waals surface area (Å²) in [6.07, 6.45) is 11.1. The highest BCUT2D eigenvalue weighted by Gasteiger charge is 2.21. The summed E-state index contributed by atoms with van der Waals surface area (Å²) in [7, 11) is 0. The van der Waals surface area contributed by atoms with E-state index in [0.29, 0.717) is 11.7 Å². The number of benzene rings is 1. The molecular formula is C28H23N7S. The Bertz CT molecular complexity index is 1720. The largest absolute Gasteiger partial charge is 0.358 e. The Morgan fingerprint density at radius 3 is 2.75 bits per heavy atom. The number of imidazole rings is 1. The molecule has 1 aliphatic carbocycles. The normalized spacial score (nSPS) is 13.8. The van der Waals surface area contributed by atoms with Gasteiger partial charge in [0.1, 0.15) is 11.2 Å². The number of aromatic amines is 2. The lowest BCUT2D eigenvalue weighted by Crippen LogP contribution is -2.18. The number of thiophene rings is 1. The molecule has 8 heteroatoms. The van der Waals surface area contributed by atoms with Crippen molar-refractivity contribution < 1.29 is 0 Å². The Hall–Kier alpha value is -4.30. The van der Waals surface area contributed by atoms with E-state index in [1.807, 2.05) is 30.9 Å². The van der Waals surface area contributed by atoms with Gasteiger partial charge < -0.3 is 10.3 Å². The molecule has 0 unspecified atom stereocenters.